The van der Waals surface area contributed by atoms with Crippen LogP contribution in [0.5, 0.6) is 0 Å². The third-order valence-corrected chi connectivity index (χ3v) is 8.64. The van der Waals surface area contributed by atoms with Crippen LogP contribution in [0, 0.1) is 0 Å². The normalized spacial score (nSPS) is 24.8. The summed E-state index contributed by atoms with van der Waals surface area (Å²) < 4.78 is 11.4. The molecule has 5 nitrogen and oxygen atoms in total. The van der Waals surface area contributed by atoms with Gasteiger partial charge in [0.1, 0.15) is 6.61 Å². The predicted octanol–water partition coefficient (Wildman–Crippen LogP) is 5.55. The van der Waals surface area contributed by atoms with E-state index in [4.69, 9.17) is 9.47 Å². The molecule has 2 aromatic rings. The SMILES string of the molecule is CSc1ccc([C@H]2C(C(=O)OC[C@@H]3CCCO3)=C(C)NC3=C2C(=O)C[C@@H](c2cccs2)C3)cc1. The van der Waals surface area contributed by atoms with Gasteiger partial charge in [0, 0.05) is 51.6 Å². The summed E-state index contributed by atoms with van der Waals surface area (Å²) in [6.45, 7) is 2.87. The van der Waals surface area contributed by atoms with E-state index in [2.05, 4.69) is 28.9 Å². The number of esters is 1. The number of benzene rings is 1. The van der Waals surface area contributed by atoms with Crippen molar-refractivity contribution in [3.05, 3.63) is 74.8 Å². The topological polar surface area (TPSA) is 64.6 Å². The van der Waals surface area contributed by atoms with E-state index in [1.807, 2.05) is 31.4 Å². The summed E-state index contributed by atoms with van der Waals surface area (Å²) in [5.74, 6) is -0.540. The van der Waals surface area contributed by atoms with Gasteiger partial charge in [-0.15, -0.1) is 23.1 Å². The number of ether oxygens (including phenoxy) is 2. The largest absolute Gasteiger partial charge is 0.459 e. The van der Waals surface area contributed by atoms with Gasteiger partial charge in [0.05, 0.1) is 11.7 Å². The third-order valence-electron chi connectivity index (χ3n) is 6.87. The van der Waals surface area contributed by atoms with Gasteiger partial charge in [-0.3, -0.25) is 4.79 Å². The monoisotopic (exact) mass is 495 g/mol. The van der Waals surface area contributed by atoms with Crippen molar-refractivity contribution in [1.29, 1.82) is 0 Å². The maximum absolute atomic E-state index is 13.6. The van der Waals surface area contributed by atoms with Gasteiger partial charge in [-0.2, -0.15) is 0 Å². The fraction of sp³-hybridized carbons (Fsp3) is 0.407. The van der Waals surface area contributed by atoms with Crippen LogP contribution in [0.2, 0.25) is 0 Å². The lowest BCUT2D eigenvalue weighted by Crippen LogP contribution is -2.36. The molecule has 3 atom stereocenters. The Morgan fingerprint density at radius 1 is 1.24 bits per heavy atom. The van der Waals surface area contributed by atoms with E-state index in [0.717, 1.165) is 41.1 Å². The molecular weight excluding hydrogens is 466 g/mol. The molecule has 3 heterocycles. The first-order valence-electron chi connectivity index (χ1n) is 11.7. The highest BCUT2D eigenvalue weighted by atomic mass is 32.2. The van der Waals surface area contributed by atoms with Crippen LogP contribution in [-0.4, -0.2) is 37.3 Å². The Balaban J connectivity index is 1.50. The molecule has 7 heteroatoms. The van der Waals surface area contributed by atoms with Gasteiger partial charge in [-0.1, -0.05) is 18.2 Å². The van der Waals surface area contributed by atoms with Crippen molar-refractivity contribution in [3.8, 4) is 0 Å². The average Bonchev–Trinajstić information content (AvgIpc) is 3.56. The number of carbonyl (C=O) groups is 2. The average molecular weight is 496 g/mol. The molecule has 178 valence electrons. The lowest BCUT2D eigenvalue weighted by molar-refractivity contribution is -0.142. The second-order valence-corrected chi connectivity index (χ2v) is 10.9. The second-order valence-electron chi connectivity index (χ2n) is 9.04. The lowest BCUT2D eigenvalue weighted by Gasteiger charge is -2.36. The number of Topliss-reactive ketones (excluding diaryl/α,β-unsaturated/α-hetero) is 1. The zero-order valence-corrected chi connectivity index (χ0v) is 21.1. The number of rotatable bonds is 6. The number of thioether (sulfide) groups is 1. The number of ketones is 1. The molecule has 0 spiro atoms. The Kier molecular flexibility index (Phi) is 6.95. The minimum atomic E-state index is -0.430. The summed E-state index contributed by atoms with van der Waals surface area (Å²) in [6.07, 6.45) is 5.10. The molecule has 0 radical (unpaired) electrons. The quantitative estimate of drug-likeness (QED) is 0.419. The molecule has 0 bridgehead atoms. The molecule has 1 N–H and O–H groups in total. The van der Waals surface area contributed by atoms with Crippen molar-refractivity contribution in [2.45, 2.75) is 55.4 Å². The van der Waals surface area contributed by atoms with Crippen molar-refractivity contribution in [1.82, 2.24) is 5.32 Å². The zero-order valence-electron chi connectivity index (χ0n) is 19.5. The van der Waals surface area contributed by atoms with Gasteiger partial charge in [0.25, 0.3) is 0 Å². The molecule has 1 aliphatic carbocycles. The van der Waals surface area contributed by atoms with Gasteiger partial charge in [0.15, 0.2) is 5.78 Å². The molecule has 1 aromatic carbocycles. The molecular formula is C27H29NO4S2. The van der Waals surface area contributed by atoms with Crippen LogP contribution in [0.1, 0.15) is 54.9 Å². The second kappa shape index (κ2) is 10.1. The highest BCUT2D eigenvalue weighted by molar-refractivity contribution is 7.98. The standard InChI is InChI=1S/C27H29NO4S2/c1-16-24(27(30)32-15-19-5-3-11-31-19)25(17-7-9-20(33-2)10-8-17)26-21(28-16)13-18(14-22(26)29)23-6-4-12-34-23/h4,6-10,12,18-19,25,28H,3,5,11,13-15H2,1-2H3/t18-,19-,25-/m0/s1. The lowest BCUT2D eigenvalue weighted by atomic mass is 9.72. The van der Waals surface area contributed by atoms with Crippen LogP contribution in [0.4, 0.5) is 0 Å². The predicted molar refractivity (Wildman–Crippen MR) is 135 cm³/mol. The van der Waals surface area contributed by atoms with Crippen LogP contribution < -0.4 is 5.32 Å². The first-order chi connectivity index (χ1) is 16.5. The van der Waals surface area contributed by atoms with Crippen molar-refractivity contribution in [3.63, 3.8) is 0 Å². The number of carbonyl (C=O) groups excluding carboxylic acids is 2. The smallest absolute Gasteiger partial charge is 0.336 e. The van der Waals surface area contributed by atoms with Crippen LogP contribution in [-0.2, 0) is 19.1 Å². The van der Waals surface area contributed by atoms with Gasteiger partial charge in [0.2, 0.25) is 0 Å². The Morgan fingerprint density at radius 2 is 2.06 bits per heavy atom. The van der Waals surface area contributed by atoms with Crippen molar-refractivity contribution in [2.75, 3.05) is 19.5 Å². The van der Waals surface area contributed by atoms with E-state index < -0.39 is 5.92 Å². The Hall–Kier alpha value is -2.35. The summed E-state index contributed by atoms with van der Waals surface area (Å²) >= 11 is 3.36. The number of hydrogen-bond acceptors (Lipinski definition) is 7. The fourth-order valence-electron chi connectivity index (χ4n) is 5.19. The number of thiophene rings is 1. The summed E-state index contributed by atoms with van der Waals surface area (Å²) in [6, 6.07) is 12.3. The Bertz CT molecular complexity index is 1130. The van der Waals surface area contributed by atoms with Crippen LogP contribution in [0.25, 0.3) is 0 Å². The maximum atomic E-state index is 13.6. The van der Waals surface area contributed by atoms with E-state index in [1.165, 1.54) is 4.88 Å². The maximum Gasteiger partial charge on any atom is 0.336 e. The van der Waals surface area contributed by atoms with Crippen molar-refractivity contribution in [2.24, 2.45) is 0 Å². The first-order valence-corrected chi connectivity index (χ1v) is 13.9. The number of hydrogen-bond donors (Lipinski definition) is 1. The summed E-state index contributed by atoms with van der Waals surface area (Å²) in [7, 11) is 0. The summed E-state index contributed by atoms with van der Waals surface area (Å²) in [5.41, 5.74) is 3.87. The molecule has 2 aliphatic heterocycles. The molecule has 0 unspecified atom stereocenters. The van der Waals surface area contributed by atoms with E-state index in [9.17, 15) is 9.59 Å². The van der Waals surface area contributed by atoms with Gasteiger partial charge in [-0.05, 0) is 61.6 Å². The Morgan fingerprint density at radius 3 is 2.74 bits per heavy atom. The minimum Gasteiger partial charge on any atom is -0.459 e. The minimum absolute atomic E-state index is 0.0432. The number of nitrogens with one attached hydrogen (secondary N) is 1. The number of allylic oxidation sites excluding steroid dienone is 3. The molecule has 1 saturated heterocycles. The molecule has 34 heavy (non-hydrogen) atoms. The number of dihydropyridines is 1. The summed E-state index contributed by atoms with van der Waals surface area (Å²) in [4.78, 5) is 29.4. The van der Waals surface area contributed by atoms with Gasteiger partial charge < -0.3 is 14.8 Å². The van der Waals surface area contributed by atoms with Crippen LogP contribution in [0.15, 0.2) is 69.2 Å². The van der Waals surface area contributed by atoms with E-state index >= 15 is 0 Å². The molecule has 3 aliphatic rings. The zero-order chi connectivity index (χ0) is 23.7. The van der Waals surface area contributed by atoms with Crippen LogP contribution >= 0.6 is 23.1 Å². The van der Waals surface area contributed by atoms with E-state index in [0.29, 0.717) is 24.2 Å². The van der Waals surface area contributed by atoms with Crippen molar-refractivity contribution < 1.29 is 19.1 Å². The summed E-state index contributed by atoms with van der Waals surface area (Å²) in [5, 5.41) is 5.49. The first kappa shape index (κ1) is 23.4. The molecule has 0 saturated carbocycles. The van der Waals surface area contributed by atoms with Gasteiger partial charge in [-0.25, -0.2) is 4.79 Å². The Labute approximate surface area is 208 Å². The molecule has 0 amide bonds. The highest BCUT2D eigenvalue weighted by Crippen LogP contribution is 2.46. The van der Waals surface area contributed by atoms with Gasteiger partial charge >= 0.3 is 5.97 Å². The fourth-order valence-corrected chi connectivity index (χ4v) is 6.42. The molecule has 5 rings (SSSR count). The van der Waals surface area contributed by atoms with E-state index in [1.54, 1.807) is 23.1 Å². The van der Waals surface area contributed by atoms with Crippen molar-refractivity contribution >= 4 is 34.9 Å². The third kappa shape index (κ3) is 4.61. The van der Waals surface area contributed by atoms with E-state index in [-0.39, 0.29) is 30.4 Å². The van der Waals surface area contributed by atoms with Crippen LogP contribution in [0.3, 0.4) is 0 Å². The molecule has 1 aromatic heterocycles. The highest BCUT2D eigenvalue weighted by Gasteiger charge is 2.41. The molecule has 1 fully saturated rings.